The Hall–Kier alpha value is -6.87. The third kappa shape index (κ3) is 6.20. The van der Waals surface area contributed by atoms with E-state index in [1.165, 1.54) is 64.1 Å². The molecule has 0 spiro atoms. The summed E-state index contributed by atoms with van der Waals surface area (Å²) in [5, 5.41) is 0. The molecule has 0 saturated heterocycles. The summed E-state index contributed by atoms with van der Waals surface area (Å²) in [6.07, 6.45) is 0. The molecule has 1 aliphatic carbocycles. The lowest BCUT2D eigenvalue weighted by atomic mass is 9.82. The molecule has 0 atom stereocenters. The van der Waals surface area contributed by atoms with E-state index in [2.05, 4.69) is 255 Å². The minimum absolute atomic E-state index is 0.138. The predicted molar refractivity (Wildman–Crippen MR) is 250 cm³/mol. The van der Waals surface area contributed by atoms with Crippen LogP contribution in [0.3, 0.4) is 0 Å². The van der Waals surface area contributed by atoms with Crippen molar-refractivity contribution in [3.8, 4) is 33.4 Å². The van der Waals surface area contributed by atoms with Crippen molar-refractivity contribution in [1.82, 2.24) is 0 Å². The summed E-state index contributed by atoms with van der Waals surface area (Å²) >= 11 is 0. The predicted octanol–water partition coefficient (Wildman–Crippen LogP) is 16.1. The zero-order valence-corrected chi connectivity index (χ0v) is 34.2. The summed E-state index contributed by atoms with van der Waals surface area (Å²) in [5.74, 6) is 0. The van der Waals surface area contributed by atoms with Crippen LogP contribution in [0.15, 0.2) is 256 Å². The first-order chi connectivity index (χ1) is 29.0. The fourth-order valence-electron chi connectivity index (χ4n) is 9.24. The van der Waals surface area contributed by atoms with E-state index >= 15 is 0 Å². The monoisotopic (exact) mass is 775 g/mol. The van der Waals surface area contributed by atoms with Crippen molar-refractivity contribution >= 4 is 27.1 Å². The number of fused-ring (bicyclic) bond motifs is 3. The van der Waals surface area contributed by atoms with Crippen molar-refractivity contribution in [2.75, 3.05) is 4.90 Å². The number of hydrogen-bond donors (Lipinski definition) is 0. The normalized spacial score (nSPS) is 13.0. The molecule has 10 rings (SSSR count). The first-order valence-corrected chi connectivity index (χ1v) is 22.1. The summed E-state index contributed by atoms with van der Waals surface area (Å²) in [4.78, 5) is 7.69. The van der Waals surface area contributed by atoms with E-state index in [-0.39, 0.29) is 5.41 Å². The average molecular weight is 776 g/mol. The van der Waals surface area contributed by atoms with Gasteiger partial charge in [0.15, 0.2) is 0 Å². The number of rotatable bonds is 9. The van der Waals surface area contributed by atoms with E-state index in [9.17, 15) is 0 Å². The Labute approximate surface area is 350 Å². The van der Waals surface area contributed by atoms with E-state index in [0.717, 1.165) is 17.1 Å². The number of nitrogens with zero attached hydrogens (tertiary/aromatic N) is 1. The van der Waals surface area contributed by atoms with E-state index in [0.29, 0.717) is 0 Å². The molecule has 0 fully saturated rings. The number of anilines is 3. The van der Waals surface area contributed by atoms with Crippen LogP contribution in [-0.2, 0) is 5.41 Å². The van der Waals surface area contributed by atoms with Crippen molar-refractivity contribution in [1.29, 1.82) is 0 Å². The molecule has 0 aromatic heterocycles. The van der Waals surface area contributed by atoms with E-state index in [4.69, 9.17) is 0 Å². The van der Waals surface area contributed by atoms with Crippen LogP contribution >= 0.6 is 10.0 Å². The molecule has 284 valence electrons. The second-order valence-corrected chi connectivity index (χ2v) is 18.8. The minimum Gasteiger partial charge on any atom is -0.310 e. The van der Waals surface area contributed by atoms with Gasteiger partial charge in [-0.2, -0.15) is 0 Å². The van der Waals surface area contributed by atoms with E-state index in [1.807, 2.05) is 0 Å². The maximum atomic E-state index is 2.47. The third-order valence-electron chi connectivity index (χ3n) is 12.0. The van der Waals surface area contributed by atoms with Crippen molar-refractivity contribution in [2.45, 2.75) is 38.8 Å². The quantitative estimate of drug-likeness (QED) is 0.141. The number of para-hydroxylation sites is 1. The first-order valence-electron chi connectivity index (χ1n) is 20.4. The van der Waals surface area contributed by atoms with E-state index < -0.39 is 10.0 Å². The molecule has 0 amide bonds. The first kappa shape index (κ1) is 36.5. The molecule has 9 aromatic rings. The Kier molecular flexibility index (Phi) is 9.36. The number of hydrogen-bond acceptors (Lipinski definition) is 1. The van der Waals surface area contributed by atoms with Gasteiger partial charge in [0.2, 0.25) is 0 Å². The van der Waals surface area contributed by atoms with Gasteiger partial charge in [0.1, 0.15) is 0 Å². The van der Waals surface area contributed by atoms with Crippen LogP contribution in [-0.4, -0.2) is 0 Å². The molecule has 0 N–H and O–H groups in total. The second kappa shape index (κ2) is 15.1. The van der Waals surface area contributed by atoms with E-state index in [1.54, 1.807) is 0 Å². The zero-order chi connectivity index (χ0) is 39.8. The van der Waals surface area contributed by atoms with Gasteiger partial charge in [-0.05, 0) is 118 Å². The highest BCUT2D eigenvalue weighted by molar-refractivity contribution is 8.34. The molecule has 1 aliphatic rings. The lowest BCUT2D eigenvalue weighted by molar-refractivity contribution is 0.660. The smallest absolute Gasteiger partial charge is 0.0540 e. The van der Waals surface area contributed by atoms with Gasteiger partial charge in [-0.15, -0.1) is 10.0 Å². The minimum atomic E-state index is -1.84. The molecule has 2 heteroatoms. The summed E-state index contributed by atoms with van der Waals surface area (Å²) in [7, 11) is -1.84. The van der Waals surface area contributed by atoms with Gasteiger partial charge in [-0.1, -0.05) is 172 Å². The van der Waals surface area contributed by atoms with Crippen LogP contribution in [0, 0.1) is 0 Å². The van der Waals surface area contributed by atoms with Gasteiger partial charge in [-0.3, -0.25) is 0 Å². The molecule has 0 saturated carbocycles. The number of benzene rings is 9. The van der Waals surface area contributed by atoms with Crippen molar-refractivity contribution in [2.24, 2.45) is 0 Å². The van der Waals surface area contributed by atoms with Crippen LogP contribution < -0.4 is 4.90 Å². The highest BCUT2D eigenvalue weighted by Crippen LogP contribution is 2.73. The van der Waals surface area contributed by atoms with Crippen molar-refractivity contribution in [3.05, 3.63) is 248 Å². The lowest BCUT2D eigenvalue weighted by Gasteiger charge is -2.42. The fourth-order valence-corrected chi connectivity index (χ4v) is 13.1. The van der Waals surface area contributed by atoms with Crippen LogP contribution in [0.1, 0.15) is 25.0 Å². The van der Waals surface area contributed by atoms with Gasteiger partial charge in [-0.25, -0.2) is 0 Å². The molecule has 0 bridgehead atoms. The standard InChI is InChI=1S/C57H45NS/c1-57(2)53-40-37-45(41-52(53)56-51(32-20-33-54(56)57)43-23-10-4-11-24-43)58(55-34-19-18-31-50(55)42-21-8-3-9-22-42)44-35-38-49(39-36-44)59(46-25-12-5-13-26-46,47-27-14-6-15-28-47)48-29-16-7-17-30-48/h3-41H,1-2H3. The molecule has 1 nitrogen and oxygen atoms in total. The Balaban J connectivity index is 1.20. The zero-order valence-electron chi connectivity index (χ0n) is 33.4. The van der Waals surface area contributed by atoms with Gasteiger partial charge in [0, 0.05) is 41.9 Å². The molecule has 0 aliphatic heterocycles. The SMILES string of the molecule is CC1(C)c2ccc(N(c3ccc(S(c4ccccc4)(c4ccccc4)c4ccccc4)cc3)c3ccccc3-c3ccccc3)cc2-c2c(-c3ccccc3)cccc21. The second-order valence-electron chi connectivity index (χ2n) is 15.7. The Bertz CT molecular complexity index is 2770. The van der Waals surface area contributed by atoms with Gasteiger partial charge < -0.3 is 4.90 Å². The molecular formula is C57H45NS. The maximum absolute atomic E-state index is 2.47. The molecule has 9 aromatic carbocycles. The topological polar surface area (TPSA) is 3.24 Å². The van der Waals surface area contributed by atoms with Gasteiger partial charge >= 0.3 is 0 Å². The van der Waals surface area contributed by atoms with Crippen LogP contribution in [0.2, 0.25) is 0 Å². The van der Waals surface area contributed by atoms with Crippen LogP contribution in [0.5, 0.6) is 0 Å². The fraction of sp³-hybridized carbons (Fsp3) is 0.0526. The van der Waals surface area contributed by atoms with Crippen molar-refractivity contribution < 1.29 is 0 Å². The molecule has 0 unspecified atom stereocenters. The Morgan fingerprint density at radius 2 is 0.780 bits per heavy atom. The van der Waals surface area contributed by atoms with Gasteiger partial charge in [0.25, 0.3) is 0 Å². The van der Waals surface area contributed by atoms with Gasteiger partial charge in [0.05, 0.1) is 5.69 Å². The summed E-state index contributed by atoms with van der Waals surface area (Å²) in [5.41, 5.74) is 13.4. The highest BCUT2D eigenvalue weighted by atomic mass is 32.3. The summed E-state index contributed by atoms with van der Waals surface area (Å²) < 4.78 is 0. The Morgan fingerprint density at radius 3 is 1.34 bits per heavy atom. The molecule has 59 heavy (non-hydrogen) atoms. The van der Waals surface area contributed by atoms with Crippen LogP contribution in [0.25, 0.3) is 33.4 Å². The summed E-state index contributed by atoms with van der Waals surface area (Å²) in [6.45, 7) is 4.74. The molecule has 0 heterocycles. The average Bonchev–Trinajstić information content (AvgIpc) is 3.54. The Morgan fingerprint density at radius 1 is 0.339 bits per heavy atom. The molecule has 0 radical (unpaired) electrons. The summed E-state index contributed by atoms with van der Waals surface area (Å²) in [6, 6.07) is 87.1. The highest BCUT2D eigenvalue weighted by Gasteiger charge is 2.38. The lowest BCUT2D eigenvalue weighted by Crippen LogP contribution is -2.15. The third-order valence-corrected chi connectivity index (χ3v) is 15.9. The van der Waals surface area contributed by atoms with Crippen molar-refractivity contribution in [3.63, 3.8) is 0 Å². The van der Waals surface area contributed by atoms with Crippen LogP contribution in [0.4, 0.5) is 17.1 Å². The molecular weight excluding hydrogens is 731 g/mol. The maximum Gasteiger partial charge on any atom is 0.0540 e. The largest absolute Gasteiger partial charge is 0.310 e.